The second-order valence-corrected chi connectivity index (χ2v) is 6.12. The quantitative estimate of drug-likeness (QED) is 0.930. The number of benzene rings is 2. The van der Waals surface area contributed by atoms with Gasteiger partial charge >= 0.3 is 0 Å². The lowest BCUT2D eigenvalue weighted by atomic mass is 9.89. The Labute approximate surface area is 142 Å². The third-order valence-electron chi connectivity index (χ3n) is 4.56. The Hall–Kier alpha value is -2.49. The molecule has 126 valence electrons. The maximum Gasteiger partial charge on any atom is 0.253 e. The van der Waals surface area contributed by atoms with Crippen LogP contribution < -0.4 is 4.74 Å². The monoisotopic (exact) mass is 325 g/mol. The number of aromatic hydroxyl groups is 1. The van der Waals surface area contributed by atoms with Crippen molar-refractivity contribution >= 4 is 5.91 Å². The van der Waals surface area contributed by atoms with Crippen molar-refractivity contribution < 1.29 is 14.6 Å². The fourth-order valence-corrected chi connectivity index (χ4v) is 3.21. The number of ether oxygens (including phenoxy) is 1. The fourth-order valence-electron chi connectivity index (χ4n) is 3.21. The Bertz CT molecular complexity index is 671. The highest BCUT2D eigenvalue weighted by molar-refractivity contribution is 5.94. The highest BCUT2D eigenvalue weighted by atomic mass is 16.5. The topological polar surface area (TPSA) is 49.8 Å². The summed E-state index contributed by atoms with van der Waals surface area (Å²) in [6.45, 7) is 4.09. The van der Waals surface area contributed by atoms with Crippen molar-refractivity contribution in [1.82, 2.24) is 4.90 Å². The van der Waals surface area contributed by atoms with E-state index in [0.29, 0.717) is 23.8 Å². The summed E-state index contributed by atoms with van der Waals surface area (Å²) in [5.41, 5.74) is 1.95. The summed E-state index contributed by atoms with van der Waals surface area (Å²) in [7, 11) is 0. The average Bonchev–Trinajstić information content (AvgIpc) is 2.63. The molecule has 0 radical (unpaired) electrons. The lowest BCUT2D eigenvalue weighted by molar-refractivity contribution is 0.0713. The molecule has 2 aromatic carbocycles. The first-order chi connectivity index (χ1) is 11.7. The smallest absolute Gasteiger partial charge is 0.253 e. The number of phenols is 1. The predicted molar refractivity (Wildman–Crippen MR) is 93.6 cm³/mol. The van der Waals surface area contributed by atoms with Crippen LogP contribution in [0.25, 0.3) is 0 Å². The largest absolute Gasteiger partial charge is 0.508 e. The molecule has 1 saturated heterocycles. The first-order valence-corrected chi connectivity index (χ1v) is 8.48. The molecule has 1 N–H and O–H groups in total. The van der Waals surface area contributed by atoms with Gasteiger partial charge in [0.25, 0.3) is 5.91 Å². The minimum absolute atomic E-state index is 0.0854. The van der Waals surface area contributed by atoms with E-state index < -0.39 is 0 Å². The van der Waals surface area contributed by atoms with Gasteiger partial charge in [-0.2, -0.15) is 0 Å². The molecule has 0 saturated carbocycles. The number of piperidine rings is 1. The van der Waals surface area contributed by atoms with Gasteiger partial charge in [-0.3, -0.25) is 4.79 Å². The summed E-state index contributed by atoms with van der Waals surface area (Å²) in [5.74, 6) is 1.62. The van der Waals surface area contributed by atoms with E-state index in [2.05, 4.69) is 0 Å². The highest BCUT2D eigenvalue weighted by Gasteiger charge is 2.24. The van der Waals surface area contributed by atoms with Gasteiger partial charge in [0, 0.05) is 18.7 Å². The Balaban J connectivity index is 1.59. The summed E-state index contributed by atoms with van der Waals surface area (Å²) in [4.78, 5) is 14.5. The predicted octanol–water partition coefficient (Wildman–Crippen LogP) is 3.81. The van der Waals surface area contributed by atoms with Crippen molar-refractivity contribution in [2.24, 2.45) is 0 Å². The second kappa shape index (κ2) is 7.39. The number of carbonyl (C=O) groups excluding carboxylic acids is 1. The van der Waals surface area contributed by atoms with Crippen molar-refractivity contribution in [2.75, 3.05) is 19.7 Å². The van der Waals surface area contributed by atoms with Crippen molar-refractivity contribution in [3.63, 3.8) is 0 Å². The average molecular weight is 325 g/mol. The summed E-state index contributed by atoms with van der Waals surface area (Å²) < 4.78 is 5.41. The normalized spacial score (nSPS) is 15.3. The van der Waals surface area contributed by atoms with E-state index >= 15 is 0 Å². The molecule has 0 aromatic heterocycles. The fraction of sp³-hybridized carbons (Fsp3) is 0.350. The molecule has 2 aromatic rings. The first kappa shape index (κ1) is 16.4. The lowest BCUT2D eigenvalue weighted by Crippen LogP contribution is -2.37. The van der Waals surface area contributed by atoms with Crippen LogP contribution in [-0.4, -0.2) is 35.6 Å². The molecule has 1 amide bonds. The van der Waals surface area contributed by atoms with E-state index in [0.717, 1.165) is 31.7 Å². The molecule has 1 aliphatic rings. The zero-order chi connectivity index (χ0) is 16.9. The minimum Gasteiger partial charge on any atom is -0.508 e. The van der Waals surface area contributed by atoms with E-state index in [-0.39, 0.29) is 5.91 Å². The SMILES string of the molecule is CCOc1ccc(C(=O)N2CCC(c3ccc(O)cc3)CC2)cc1. The van der Waals surface area contributed by atoms with Gasteiger partial charge in [-0.15, -0.1) is 0 Å². The molecular formula is C20H23NO3. The van der Waals surface area contributed by atoms with Crippen LogP contribution in [0.15, 0.2) is 48.5 Å². The van der Waals surface area contributed by atoms with Crippen LogP contribution in [0, 0.1) is 0 Å². The van der Waals surface area contributed by atoms with Crippen molar-refractivity contribution in [3.05, 3.63) is 59.7 Å². The van der Waals surface area contributed by atoms with Crippen molar-refractivity contribution in [2.45, 2.75) is 25.7 Å². The summed E-state index contributed by atoms with van der Waals surface area (Å²) in [5, 5.41) is 9.39. The van der Waals surface area contributed by atoms with Crippen LogP contribution >= 0.6 is 0 Å². The van der Waals surface area contributed by atoms with Gasteiger partial charge in [-0.1, -0.05) is 12.1 Å². The van der Waals surface area contributed by atoms with E-state index in [1.54, 1.807) is 12.1 Å². The van der Waals surface area contributed by atoms with Gasteiger partial charge in [0.2, 0.25) is 0 Å². The van der Waals surface area contributed by atoms with E-state index in [9.17, 15) is 9.90 Å². The number of likely N-dealkylation sites (tertiary alicyclic amines) is 1. The maximum absolute atomic E-state index is 12.6. The van der Waals surface area contributed by atoms with Gasteiger partial charge in [0.05, 0.1) is 6.61 Å². The minimum atomic E-state index is 0.0854. The Morgan fingerprint density at radius 2 is 1.71 bits per heavy atom. The first-order valence-electron chi connectivity index (χ1n) is 8.48. The van der Waals surface area contributed by atoms with Crippen molar-refractivity contribution in [1.29, 1.82) is 0 Å². The Kier molecular flexibility index (Phi) is 5.04. The molecule has 1 aliphatic heterocycles. The van der Waals surface area contributed by atoms with Crippen LogP contribution in [-0.2, 0) is 0 Å². The number of nitrogens with zero attached hydrogens (tertiary/aromatic N) is 1. The maximum atomic E-state index is 12.6. The molecule has 1 heterocycles. The molecule has 1 fully saturated rings. The summed E-state index contributed by atoms with van der Waals surface area (Å²) >= 11 is 0. The zero-order valence-electron chi connectivity index (χ0n) is 13.9. The zero-order valence-corrected chi connectivity index (χ0v) is 13.9. The van der Waals surface area contributed by atoms with Gasteiger partial charge in [0.1, 0.15) is 11.5 Å². The highest BCUT2D eigenvalue weighted by Crippen LogP contribution is 2.29. The number of amides is 1. The lowest BCUT2D eigenvalue weighted by Gasteiger charge is -2.32. The van der Waals surface area contributed by atoms with Crippen LogP contribution in [0.5, 0.6) is 11.5 Å². The van der Waals surface area contributed by atoms with Gasteiger partial charge in [-0.05, 0) is 67.6 Å². The number of phenolic OH excluding ortho intramolecular Hbond substituents is 1. The van der Waals surface area contributed by atoms with E-state index in [1.807, 2.05) is 48.2 Å². The van der Waals surface area contributed by atoms with Gasteiger partial charge in [-0.25, -0.2) is 0 Å². The third kappa shape index (κ3) is 3.70. The molecule has 0 atom stereocenters. The number of hydrogen-bond acceptors (Lipinski definition) is 3. The van der Waals surface area contributed by atoms with E-state index in [1.165, 1.54) is 5.56 Å². The molecule has 0 bridgehead atoms. The molecule has 3 rings (SSSR count). The number of carbonyl (C=O) groups is 1. The molecule has 0 spiro atoms. The third-order valence-corrected chi connectivity index (χ3v) is 4.56. The van der Waals surface area contributed by atoms with Crippen LogP contribution in [0.4, 0.5) is 0 Å². The van der Waals surface area contributed by atoms with E-state index in [4.69, 9.17) is 4.74 Å². The van der Waals surface area contributed by atoms with Gasteiger partial charge in [0.15, 0.2) is 0 Å². The standard InChI is InChI=1S/C20H23NO3/c1-2-24-19-9-5-17(6-10-19)20(23)21-13-11-16(12-14-21)15-3-7-18(22)8-4-15/h3-10,16,22H,2,11-14H2,1H3. The van der Waals surface area contributed by atoms with Gasteiger partial charge < -0.3 is 14.7 Å². The molecular weight excluding hydrogens is 302 g/mol. The van der Waals surface area contributed by atoms with Crippen molar-refractivity contribution in [3.8, 4) is 11.5 Å². The molecule has 0 unspecified atom stereocenters. The Morgan fingerprint density at radius 3 is 2.29 bits per heavy atom. The van der Waals surface area contributed by atoms with Crippen LogP contribution in [0.3, 0.4) is 0 Å². The van der Waals surface area contributed by atoms with Crippen LogP contribution in [0.2, 0.25) is 0 Å². The molecule has 24 heavy (non-hydrogen) atoms. The molecule has 4 heteroatoms. The summed E-state index contributed by atoms with van der Waals surface area (Å²) in [6, 6.07) is 14.8. The number of hydrogen-bond donors (Lipinski definition) is 1. The second-order valence-electron chi connectivity index (χ2n) is 6.12. The molecule has 4 nitrogen and oxygen atoms in total. The Morgan fingerprint density at radius 1 is 1.08 bits per heavy atom. The number of rotatable bonds is 4. The molecule has 0 aliphatic carbocycles. The van der Waals surface area contributed by atoms with Crippen LogP contribution in [0.1, 0.15) is 41.6 Å². The summed E-state index contributed by atoms with van der Waals surface area (Å²) in [6.07, 6.45) is 1.90.